The second-order valence-electron chi connectivity index (χ2n) is 6.15. The molecule has 1 heterocycles. The van der Waals surface area contributed by atoms with Gasteiger partial charge in [0.15, 0.2) is 0 Å². The summed E-state index contributed by atoms with van der Waals surface area (Å²) >= 11 is 0. The molecule has 0 atom stereocenters. The molecule has 10 heteroatoms. The van der Waals surface area contributed by atoms with Crippen molar-refractivity contribution in [3.8, 4) is 5.75 Å². The Labute approximate surface area is 161 Å². The normalized spacial score (nSPS) is 11.4. The molecular formula is C18H20N4O5S. The lowest BCUT2D eigenvalue weighted by Gasteiger charge is -2.13. The summed E-state index contributed by atoms with van der Waals surface area (Å²) in [6, 6.07) is 8.85. The van der Waals surface area contributed by atoms with E-state index in [2.05, 4.69) is 10.0 Å². The first-order chi connectivity index (χ1) is 13.2. The molecule has 3 aromatic rings. The molecule has 2 N–H and O–H groups in total. The molecule has 0 aliphatic rings. The smallest absolute Gasteiger partial charge is 0.328 e. The second-order valence-corrected chi connectivity index (χ2v) is 7.83. The first-order valence-corrected chi connectivity index (χ1v) is 9.76. The number of nitrogens with zero attached hydrogens (tertiary/aromatic N) is 2. The van der Waals surface area contributed by atoms with Crippen LogP contribution in [0.1, 0.15) is 10.4 Å². The number of ether oxygens (including phenoxy) is 1. The number of hydrogen-bond acceptors (Lipinski definition) is 5. The molecule has 0 saturated carbocycles. The van der Waals surface area contributed by atoms with Gasteiger partial charge in [0.05, 0.1) is 34.3 Å². The Hall–Kier alpha value is -3.27. The lowest BCUT2D eigenvalue weighted by molar-refractivity contribution is 0.0963. The molecule has 1 amide bonds. The zero-order chi connectivity index (χ0) is 20.6. The van der Waals surface area contributed by atoms with Crippen LogP contribution in [-0.2, 0) is 24.1 Å². The Morgan fingerprint density at radius 1 is 1.04 bits per heavy atom. The maximum absolute atomic E-state index is 12.9. The topological polar surface area (TPSA) is 111 Å². The number of sulfonamides is 1. The minimum atomic E-state index is -4.00. The summed E-state index contributed by atoms with van der Waals surface area (Å²) in [6.07, 6.45) is 0. The van der Waals surface area contributed by atoms with Crippen molar-refractivity contribution in [1.82, 2.24) is 14.5 Å². The lowest BCUT2D eigenvalue weighted by Crippen LogP contribution is -2.22. The summed E-state index contributed by atoms with van der Waals surface area (Å²) in [4.78, 5) is 24.2. The number of hydrogen-bond donors (Lipinski definition) is 2. The van der Waals surface area contributed by atoms with Crippen molar-refractivity contribution < 1.29 is 17.9 Å². The zero-order valence-corrected chi connectivity index (χ0v) is 16.6. The average Bonchev–Trinajstić information content (AvgIpc) is 2.91. The van der Waals surface area contributed by atoms with Crippen molar-refractivity contribution in [3.05, 3.63) is 52.4 Å². The molecule has 0 aliphatic carbocycles. The van der Waals surface area contributed by atoms with Crippen molar-refractivity contribution in [2.45, 2.75) is 4.90 Å². The highest BCUT2D eigenvalue weighted by Gasteiger charge is 2.21. The molecule has 28 heavy (non-hydrogen) atoms. The number of amides is 1. The molecule has 9 nitrogen and oxygen atoms in total. The number of aryl methyl sites for hydroxylation is 2. The zero-order valence-electron chi connectivity index (χ0n) is 15.8. The summed E-state index contributed by atoms with van der Waals surface area (Å²) in [5.41, 5.74) is 1.08. The number of benzene rings is 2. The molecule has 0 aliphatic heterocycles. The first kappa shape index (κ1) is 19.5. The number of methoxy groups -OCH3 is 1. The van der Waals surface area contributed by atoms with Gasteiger partial charge in [-0.3, -0.25) is 18.7 Å². The van der Waals surface area contributed by atoms with Crippen molar-refractivity contribution in [3.63, 3.8) is 0 Å². The van der Waals surface area contributed by atoms with E-state index in [0.717, 1.165) is 0 Å². The number of nitrogens with one attached hydrogen (secondary N) is 2. The molecule has 0 radical (unpaired) electrons. The first-order valence-electron chi connectivity index (χ1n) is 8.28. The molecular weight excluding hydrogens is 384 g/mol. The number of carbonyl (C=O) groups excluding carboxylic acids is 1. The fraction of sp³-hybridized carbons (Fsp3) is 0.222. The molecule has 3 rings (SSSR count). The van der Waals surface area contributed by atoms with Crippen molar-refractivity contribution in [2.24, 2.45) is 14.1 Å². The number of rotatable bonds is 5. The van der Waals surface area contributed by atoms with Gasteiger partial charge in [-0.2, -0.15) is 0 Å². The number of fused-ring (bicyclic) bond motifs is 1. The second kappa shape index (κ2) is 7.04. The van der Waals surface area contributed by atoms with Gasteiger partial charge in [-0.15, -0.1) is 0 Å². The van der Waals surface area contributed by atoms with Crippen LogP contribution in [0, 0.1) is 0 Å². The summed E-state index contributed by atoms with van der Waals surface area (Å²) < 4.78 is 36.1. The van der Waals surface area contributed by atoms with E-state index in [1.54, 1.807) is 26.2 Å². The van der Waals surface area contributed by atoms with Crippen LogP contribution < -0.4 is 20.5 Å². The van der Waals surface area contributed by atoms with Crippen LogP contribution >= 0.6 is 0 Å². The largest absolute Gasteiger partial charge is 0.497 e. The van der Waals surface area contributed by atoms with E-state index in [1.165, 1.54) is 47.6 Å². The monoisotopic (exact) mass is 404 g/mol. The summed E-state index contributed by atoms with van der Waals surface area (Å²) in [5, 5.41) is 2.47. The molecule has 0 unspecified atom stereocenters. The van der Waals surface area contributed by atoms with E-state index in [4.69, 9.17) is 4.74 Å². The van der Waals surface area contributed by atoms with Gasteiger partial charge in [-0.05, 0) is 36.4 Å². The van der Waals surface area contributed by atoms with Gasteiger partial charge in [-0.25, -0.2) is 13.2 Å². The van der Waals surface area contributed by atoms with Crippen molar-refractivity contribution in [2.75, 3.05) is 18.9 Å². The van der Waals surface area contributed by atoms with Crippen LogP contribution in [0.4, 0.5) is 5.69 Å². The van der Waals surface area contributed by atoms with Crippen LogP contribution in [0.2, 0.25) is 0 Å². The Morgan fingerprint density at radius 2 is 1.71 bits per heavy atom. The number of imidazole rings is 1. The van der Waals surface area contributed by atoms with Crippen LogP contribution in [0.15, 0.2) is 46.1 Å². The third kappa shape index (κ3) is 3.22. The third-order valence-corrected chi connectivity index (χ3v) is 5.86. The summed E-state index contributed by atoms with van der Waals surface area (Å²) in [5.74, 6) is -0.0419. The summed E-state index contributed by atoms with van der Waals surface area (Å²) in [7, 11) is 2.08. The van der Waals surface area contributed by atoms with Gasteiger partial charge in [0.1, 0.15) is 5.75 Å². The van der Waals surface area contributed by atoms with Gasteiger partial charge < -0.3 is 10.1 Å². The van der Waals surface area contributed by atoms with Crippen molar-refractivity contribution in [1.29, 1.82) is 0 Å². The molecule has 0 spiro atoms. The number of anilines is 1. The average molecular weight is 404 g/mol. The highest BCUT2D eigenvalue weighted by molar-refractivity contribution is 7.92. The fourth-order valence-corrected chi connectivity index (χ4v) is 4.02. The third-order valence-electron chi connectivity index (χ3n) is 4.50. The minimum absolute atomic E-state index is 0.0279. The minimum Gasteiger partial charge on any atom is -0.497 e. The molecule has 148 valence electrons. The maximum atomic E-state index is 12.9. The fourth-order valence-electron chi connectivity index (χ4n) is 2.92. The van der Waals surface area contributed by atoms with E-state index in [0.29, 0.717) is 16.8 Å². The molecule has 1 aromatic heterocycles. The van der Waals surface area contributed by atoms with Gasteiger partial charge >= 0.3 is 5.69 Å². The Balaban J connectivity index is 2.08. The van der Waals surface area contributed by atoms with Crippen LogP contribution in [0.25, 0.3) is 11.0 Å². The highest BCUT2D eigenvalue weighted by atomic mass is 32.2. The SMILES string of the molecule is CNC(=O)c1cc(OC)ccc1NS(=O)(=O)c1ccc2c(c1)n(C)c(=O)n2C. The van der Waals surface area contributed by atoms with Gasteiger partial charge in [0.25, 0.3) is 15.9 Å². The Bertz CT molecular complexity index is 1240. The Morgan fingerprint density at radius 3 is 2.36 bits per heavy atom. The van der Waals surface area contributed by atoms with E-state index in [1.807, 2.05) is 0 Å². The molecule has 0 fully saturated rings. The Kier molecular flexibility index (Phi) is 4.90. The maximum Gasteiger partial charge on any atom is 0.328 e. The standard InChI is InChI=1S/C18H20N4O5S/c1-19-17(23)13-9-11(27-4)5-7-14(13)20-28(25,26)12-6-8-15-16(10-12)22(3)18(24)21(15)2/h5-10,20H,1-4H3,(H,19,23). The van der Waals surface area contributed by atoms with Crippen LogP contribution in [0.3, 0.4) is 0 Å². The van der Waals surface area contributed by atoms with Crippen LogP contribution in [0.5, 0.6) is 5.75 Å². The van der Waals surface area contributed by atoms with E-state index in [-0.39, 0.29) is 21.8 Å². The van der Waals surface area contributed by atoms with Gasteiger partial charge in [-0.1, -0.05) is 0 Å². The highest BCUT2D eigenvalue weighted by Crippen LogP contribution is 2.26. The van der Waals surface area contributed by atoms with E-state index in [9.17, 15) is 18.0 Å². The van der Waals surface area contributed by atoms with E-state index < -0.39 is 15.9 Å². The van der Waals surface area contributed by atoms with Crippen molar-refractivity contribution >= 4 is 32.7 Å². The predicted octanol–water partition coefficient (Wildman–Crippen LogP) is 1.05. The van der Waals surface area contributed by atoms with Gasteiger partial charge in [0.2, 0.25) is 0 Å². The summed E-state index contributed by atoms with van der Waals surface area (Å²) in [6.45, 7) is 0. The van der Waals surface area contributed by atoms with E-state index >= 15 is 0 Å². The predicted molar refractivity (Wildman–Crippen MR) is 105 cm³/mol. The number of aromatic nitrogens is 2. The number of carbonyl (C=O) groups is 1. The molecule has 2 aromatic carbocycles. The molecule has 0 bridgehead atoms. The quantitative estimate of drug-likeness (QED) is 0.660. The van der Waals surface area contributed by atoms with Gasteiger partial charge in [0, 0.05) is 21.1 Å². The lowest BCUT2D eigenvalue weighted by atomic mass is 10.1. The van der Waals surface area contributed by atoms with Crippen LogP contribution in [-0.4, -0.2) is 37.6 Å². The molecule has 0 saturated heterocycles.